The van der Waals surface area contributed by atoms with Gasteiger partial charge in [0.25, 0.3) is 0 Å². The van der Waals surface area contributed by atoms with Crippen LogP contribution in [0.3, 0.4) is 0 Å². The number of phenolic OH excluding ortho intramolecular Hbond substituents is 1. The van der Waals surface area contributed by atoms with E-state index in [1.165, 1.54) is 15.9 Å². The third-order valence-corrected chi connectivity index (χ3v) is 5.18. The van der Waals surface area contributed by atoms with Gasteiger partial charge in [0, 0.05) is 30.3 Å². The summed E-state index contributed by atoms with van der Waals surface area (Å²) in [5.74, 6) is 0.622. The third-order valence-electron chi connectivity index (χ3n) is 4.32. The van der Waals surface area contributed by atoms with E-state index in [4.69, 9.17) is 14.2 Å². The number of thiazole rings is 1. The van der Waals surface area contributed by atoms with E-state index < -0.39 is 6.09 Å². The number of ether oxygens (including phenoxy) is 3. The fraction of sp³-hybridized carbons (Fsp3) is 0.364. The van der Waals surface area contributed by atoms with Gasteiger partial charge in [-0.15, -0.1) is 11.3 Å². The molecule has 0 spiro atoms. The van der Waals surface area contributed by atoms with E-state index in [9.17, 15) is 9.90 Å². The molecule has 0 aliphatic carbocycles. The molecule has 0 saturated heterocycles. The molecule has 0 unspecified atom stereocenters. The van der Waals surface area contributed by atoms with E-state index in [2.05, 4.69) is 4.98 Å². The second-order valence-corrected chi connectivity index (χ2v) is 7.73. The monoisotopic (exact) mass is 430 g/mol. The quantitative estimate of drug-likeness (QED) is 0.471. The number of aromatic nitrogens is 2. The minimum Gasteiger partial charge on any atom is -0.508 e. The van der Waals surface area contributed by atoms with Crippen LogP contribution in [-0.2, 0) is 9.47 Å². The number of unbranched alkanes of at least 4 members (excludes halogenated alkanes) is 1. The summed E-state index contributed by atoms with van der Waals surface area (Å²) >= 11 is 1.41. The molecule has 2 aromatic heterocycles. The van der Waals surface area contributed by atoms with Gasteiger partial charge in [0.15, 0.2) is 0 Å². The van der Waals surface area contributed by atoms with Gasteiger partial charge in [-0.3, -0.25) is 4.57 Å². The van der Waals surface area contributed by atoms with Crippen molar-refractivity contribution in [3.63, 3.8) is 0 Å². The SMILES string of the molecule is CCCCOC(=O)n1cccc1-c1nc(-c2cc(O)cc(O[C@@H](C)COC)c2)cs1. The van der Waals surface area contributed by atoms with Gasteiger partial charge in [-0.25, -0.2) is 9.78 Å². The van der Waals surface area contributed by atoms with Crippen LogP contribution in [-0.4, -0.2) is 47.2 Å². The molecule has 30 heavy (non-hydrogen) atoms. The highest BCUT2D eigenvalue weighted by molar-refractivity contribution is 7.13. The van der Waals surface area contributed by atoms with Crippen molar-refractivity contribution in [3.05, 3.63) is 41.9 Å². The first-order valence-corrected chi connectivity index (χ1v) is 10.7. The average Bonchev–Trinajstić information content (AvgIpc) is 3.37. The van der Waals surface area contributed by atoms with Crippen molar-refractivity contribution < 1.29 is 24.1 Å². The molecule has 0 radical (unpaired) electrons. The molecule has 0 saturated carbocycles. The Morgan fingerprint density at radius 3 is 2.93 bits per heavy atom. The lowest BCUT2D eigenvalue weighted by atomic mass is 10.1. The smallest absolute Gasteiger partial charge is 0.418 e. The predicted molar refractivity (Wildman–Crippen MR) is 116 cm³/mol. The minimum absolute atomic E-state index is 0.0875. The van der Waals surface area contributed by atoms with Gasteiger partial charge in [0.2, 0.25) is 0 Å². The number of phenols is 1. The maximum Gasteiger partial charge on any atom is 0.418 e. The molecule has 3 rings (SSSR count). The number of carbonyl (C=O) groups is 1. The molecule has 0 aliphatic heterocycles. The zero-order valence-electron chi connectivity index (χ0n) is 17.3. The molecule has 0 amide bonds. The zero-order chi connectivity index (χ0) is 21.5. The highest BCUT2D eigenvalue weighted by atomic mass is 32.1. The number of hydrogen-bond acceptors (Lipinski definition) is 7. The Kier molecular flexibility index (Phi) is 7.48. The Bertz CT molecular complexity index is 982. The van der Waals surface area contributed by atoms with Gasteiger partial charge in [-0.05, 0) is 37.6 Å². The zero-order valence-corrected chi connectivity index (χ0v) is 18.1. The van der Waals surface area contributed by atoms with Crippen LogP contribution in [0.2, 0.25) is 0 Å². The highest BCUT2D eigenvalue weighted by Gasteiger charge is 2.16. The molecule has 7 nitrogen and oxygen atoms in total. The summed E-state index contributed by atoms with van der Waals surface area (Å²) in [6.45, 7) is 4.77. The van der Waals surface area contributed by atoms with Gasteiger partial charge in [0.05, 0.1) is 24.6 Å². The Morgan fingerprint density at radius 1 is 1.33 bits per heavy atom. The van der Waals surface area contributed by atoms with Crippen LogP contribution in [0, 0.1) is 0 Å². The van der Waals surface area contributed by atoms with E-state index in [1.807, 2.05) is 31.4 Å². The van der Waals surface area contributed by atoms with Crippen LogP contribution in [0.4, 0.5) is 4.79 Å². The Balaban J connectivity index is 1.82. The lowest BCUT2D eigenvalue weighted by molar-refractivity contribution is 0.0919. The number of benzene rings is 1. The molecule has 0 bridgehead atoms. The average molecular weight is 431 g/mol. The molecule has 0 aliphatic rings. The normalized spacial score (nSPS) is 12.0. The fourth-order valence-corrected chi connectivity index (χ4v) is 3.76. The largest absolute Gasteiger partial charge is 0.508 e. The standard InChI is InChI=1S/C22H26N2O5S/c1-4-5-9-28-22(26)24-8-6-7-20(24)21-23-19(14-30-21)16-10-17(25)12-18(11-16)29-15(2)13-27-3/h6-8,10-12,14-15,25H,4-5,9,13H2,1-3H3/t15-/m0/s1. The topological polar surface area (TPSA) is 82.8 Å². The van der Waals surface area contributed by atoms with Crippen LogP contribution >= 0.6 is 11.3 Å². The van der Waals surface area contributed by atoms with Crippen LogP contribution in [0.1, 0.15) is 26.7 Å². The maximum atomic E-state index is 12.4. The Morgan fingerprint density at radius 2 is 2.17 bits per heavy atom. The van der Waals surface area contributed by atoms with E-state index in [1.54, 1.807) is 31.5 Å². The minimum atomic E-state index is -0.416. The highest BCUT2D eigenvalue weighted by Crippen LogP contribution is 2.33. The van der Waals surface area contributed by atoms with E-state index in [-0.39, 0.29) is 11.9 Å². The molecule has 8 heteroatoms. The molecule has 1 N–H and O–H groups in total. The first kappa shape index (κ1) is 21.9. The summed E-state index contributed by atoms with van der Waals surface area (Å²) in [7, 11) is 1.61. The van der Waals surface area contributed by atoms with Crippen molar-refractivity contribution in [2.45, 2.75) is 32.8 Å². The van der Waals surface area contributed by atoms with E-state index in [0.717, 1.165) is 18.4 Å². The molecule has 0 fully saturated rings. The third kappa shape index (κ3) is 5.40. The van der Waals surface area contributed by atoms with Crippen molar-refractivity contribution in [1.82, 2.24) is 9.55 Å². The summed E-state index contributed by atoms with van der Waals surface area (Å²) in [4.78, 5) is 17.0. The lowest BCUT2D eigenvalue weighted by Crippen LogP contribution is -2.17. The molecule has 1 atom stereocenters. The second-order valence-electron chi connectivity index (χ2n) is 6.87. The number of methoxy groups -OCH3 is 1. The second kappa shape index (κ2) is 10.3. The van der Waals surface area contributed by atoms with Crippen LogP contribution in [0.25, 0.3) is 22.0 Å². The molecule has 2 heterocycles. The number of carbonyl (C=O) groups excluding carboxylic acids is 1. The summed E-state index contributed by atoms with van der Waals surface area (Å²) in [6.07, 6.45) is 2.89. The van der Waals surface area contributed by atoms with Gasteiger partial charge in [-0.2, -0.15) is 0 Å². The van der Waals surface area contributed by atoms with E-state index >= 15 is 0 Å². The van der Waals surface area contributed by atoms with Crippen LogP contribution < -0.4 is 4.74 Å². The van der Waals surface area contributed by atoms with Gasteiger partial charge in [-0.1, -0.05) is 13.3 Å². The first-order chi connectivity index (χ1) is 14.5. The molecule has 3 aromatic rings. The molecule has 1 aromatic carbocycles. The van der Waals surface area contributed by atoms with Crippen molar-refractivity contribution in [3.8, 4) is 33.5 Å². The number of rotatable bonds is 9. The summed E-state index contributed by atoms with van der Waals surface area (Å²) in [5, 5.41) is 12.7. The number of hydrogen-bond donors (Lipinski definition) is 1. The fourth-order valence-electron chi connectivity index (χ4n) is 2.91. The summed E-state index contributed by atoms with van der Waals surface area (Å²) < 4.78 is 17.7. The van der Waals surface area contributed by atoms with Crippen molar-refractivity contribution in [2.75, 3.05) is 20.3 Å². The first-order valence-electron chi connectivity index (χ1n) is 9.82. The number of aromatic hydroxyl groups is 1. The van der Waals surface area contributed by atoms with Crippen molar-refractivity contribution in [1.29, 1.82) is 0 Å². The summed E-state index contributed by atoms with van der Waals surface area (Å²) in [5.41, 5.74) is 2.07. The Labute approximate surface area is 179 Å². The lowest BCUT2D eigenvalue weighted by Gasteiger charge is -2.14. The van der Waals surface area contributed by atoms with Crippen LogP contribution in [0.5, 0.6) is 11.5 Å². The number of nitrogens with zero attached hydrogens (tertiary/aromatic N) is 2. The van der Waals surface area contributed by atoms with Gasteiger partial charge in [0.1, 0.15) is 22.6 Å². The van der Waals surface area contributed by atoms with Gasteiger partial charge >= 0.3 is 6.09 Å². The van der Waals surface area contributed by atoms with Crippen molar-refractivity contribution in [2.24, 2.45) is 0 Å². The van der Waals surface area contributed by atoms with E-state index in [0.29, 0.717) is 35.4 Å². The van der Waals surface area contributed by atoms with Crippen LogP contribution in [0.15, 0.2) is 41.9 Å². The molecular formula is C22H26N2O5S. The molecular weight excluding hydrogens is 404 g/mol. The van der Waals surface area contributed by atoms with Gasteiger partial charge < -0.3 is 19.3 Å². The summed E-state index contributed by atoms with van der Waals surface area (Å²) in [6, 6.07) is 8.62. The molecule has 160 valence electrons. The predicted octanol–water partition coefficient (Wildman–Crippen LogP) is 5.18. The maximum absolute atomic E-state index is 12.4. The Hall–Kier alpha value is -2.84. The van der Waals surface area contributed by atoms with Crippen molar-refractivity contribution >= 4 is 17.4 Å².